The molecule has 0 aliphatic heterocycles. The van der Waals surface area contributed by atoms with Gasteiger partial charge < -0.3 is 16.0 Å². The molecular weight excluding hydrogens is 240 g/mol. The molecule has 0 radical (unpaired) electrons. The topological polar surface area (TPSA) is 58.4 Å². The van der Waals surface area contributed by atoms with Crippen LogP contribution in [0.3, 0.4) is 0 Å². The summed E-state index contributed by atoms with van der Waals surface area (Å²) in [7, 11) is 1.49. The van der Waals surface area contributed by atoms with Crippen molar-refractivity contribution in [3.8, 4) is 0 Å². The van der Waals surface area contributed by atoms with Gasteiger partial charge in [0.25, 0.3) is 0 Å². The first-order chi connectivity index (χ1) is 8.54. The number of halogens is 2. The van der Waals surface area contributed by atoms with Crippen molar-refractivity contribution in [1.82, 2.24) is 5.32 Å². The second kappa shape index (κ2) is 6.30. The van der Waals surface area contributed by atoms with Gasteiger partial charge in [0.1, 0.15) is 0 Å². The zero-order chi connectivity index (χ0) is 13.7. The molecule has 0 unspecified atom stereocenters. The van der Waals surface area contributed by atoms with E-state index in [1.54, 1.807) is 6.92 Å². The van der Waals surface area contributed by atoms with Crippen molar-refractivity contribution in [2.24, 2.45) is 5.73 Å². The van der Waals surface area contributed by atoms with Crippen LogP contribution < -0.4 is 16.0 Å². The van der Waals surface area contributed by atoms with Gasteiger partial charge in [-0.15, -0.1) is 0 Å². The summed E-state index contributed by atoms with van der Waals surface area (Å²) in [5.41, 5.74) is 5.48. The molecular formula is C12H17F2N3O. The maximum absolute atomic E-state index is 13.8. The predicted octanol–water partition coefficient (Wildman–Crippen LogP) is 0.996. The number of likely N-dealkylation sites (N-methyl/N-ethyl adjacent to an activating group) is 2. The fraction of sp³-hybridized carbons (Fsp3) is 0.417. The molecule has 0 saturated carbocycles. The lowest BCUT2D eigenvalue weighted by atomic mass is 10.1. The number of nitrogens with zero attached hydrogens (tertiary/aromatic N) is 1. The highest BCUT2D eigenvalue weighted by Gasteiger charge is 2.18. The molecule has 0 fully saturated rings. The van der Waals surface area contributed by atoms with Crippen molar-refractivity contribution in [3.63, 3.8) is 0 Å². The number of carbonyl (C=O) groups is 1. The molecule has 0 atom stereocenters. The molecule has 0 aliphatic carbocycles. The number of hydrogen-bond donors (Lipinski definition) is 2. The van der Waals surface area contributed by atoms with Crippen molar-refractivity contribution < 1.29 is 13.6 Å². The largest absolute Gasteiger partial charge is 0.360 e. The Hall–Kier alpha value is -1.69. The summed E-state index contributed by atoms with van der Waals surface area (Å²) in [5, 5.41) is 2.44. The Labute approximate surface area is 105 Å². The lowest BCUT2D eigenvalue weighted by Crippen LogP contribution is -2.36. The number of carbonyl (C=O) groups excluding carboxylic acids is 1. The molecule has 4 nitrogen and oxygen atoms in total. The number of rotatable bonds is 5. The summed E-state index contributed by atoms with van der Waals surface area (Å²) in [4.78, 5) is 12.7. The van der Waals surface area contributed by atoms with Crippen LogP contribution in [-0.4, -0.2) is 26.0 Å². The van der Waals surface area contributed by atoms with Crippen LogP contribution in [0, 0.1) is 11.6 Å². The van der Waals surface area contributed by atoms with E-state index in [2.05, 4.69) is 5.32 Å². The van der Waals surface area contributed by atoms with Gasteiger partial charge in [-0.25, -0.2) is 8.78 Å². The van der Waals surface area contributed by atoms with Crippen LogP contribution in [0.4, 0.5) is 14.5 Å². The van der Waals surface area contributed by atoms with E-state index in [9.17, 15) is 13.6 Å². The van der Waals surface area contributed by atoms with Crippen LogP contribution in [0.1, 0.15) is 12.5 Å². The molecule has 18 heavy (non-hydrogen) atoms. The predicted molar refractivity (Wildman–Crippen MR) is 66.2 cm³/mol. The molecule has 1 amide bonds. The zero-order valence-electron chi connectivity index (χ0n) is 10.5. The van der Waals surface area contributed by atoms with E-state index < -0.39 is 11.6 Å². The number of anilines is 1. The van der Waals surface area contributed by atoms with Crippen molar-refractivity contribution in [1.29, 1.82) is 0 Å². The highest BCUT2D eigenvalue weighted by molar-refractivity contribution is 5.81. The van der Waals surface area contributed by atoms with Crippen molar-refractivity contribution >= 4 is 11.6 Å². The minimum Gasteiger partial charge on any atom is -0.360 e. The molecule has 1 rings (SSSR count). The Balaban J connectivity index is 3.07. The van der Waals surface area contributed by atoms with E-state index in [4.69, 9.17) is 5.73 Å². The Morgan fingerprint density at radius 1 is 1.39 bits per heavy atom. The smallest absolute Gasteiger partial charge is 0.239 e. The van der Waals surface area contributed by atoms with E-state index in [0.717, 1.165) is 0 Å². The highest BCUT2D eigenvalue weighted by atomic mass is 19.2. The van der Waals surface area contributed by atoms with Crippen molar-refractivity contribution in [3.05, 3.63) is 29.3 Å². The zero-order valence-corrected chi connectivity index (χ0v) is 10.5. The van der Waals surface area contributed by atoms with Crippen LogP contribution in [-0.2, 0) is 11.3 Å². The quantitative estimate of drug-likeness (QED) is 0.827. The molecule has 0 saturated heterocycles. The number of nitrogens with one attached hydrogen (secondary N) is 1. The van der Waals surface area contributed by atoms with Crippen LogP contribution >= 0.6 is 0 Å². The van der Waals surface area contributed by atoms with Gasteiger partial charge in [-0.2, -0.15) is 0 Å². The molecule has 0 aromatic heterocycles. The van der Waals surface area contributed by atoms with Crippen LogP contribution in [0.2, 0.25) is 0 Å². The second-order valence-corrected chi connectivity index (χ2v) is 3.76. The molecule has 100 valence electrons. The van der Waals surface area contributed by atoms with Crippen LogP contribution in [0.25, 0.3) is 0 Å². The van der Waals surface area contributed by atoms with Gasteiger partial charge in [0.05, 0.1) is 12.2 Å². The van der Waals surface area contributed by atoms with Gasteiger partial charge in [0.15, 0.2) is 11.6 Å². The van der Waals surface area contributed by atoms with E-state index >= 15 is 0 Å². The van der Waals surface area contributed by atoms with Gasteiger partial charge >= 0.3 is 0 Å². The lowest BCUT2D eigenvalue weighted by molar-refractivity contribution is -0.119. The monoisotopic (exact) mass is 257 g/mol. The number of nitrogens with two attached hydrogens (primary N) is 1. The molecule has 1 aromatic carbocycles. The molecule has 0 aliphatic rings. The Kier molecular flexibility index (Phi) is 5.03. The summed E-state index contributed by atoms with van der Waals surface area (Å²) in [6.45, 7) is 2.07. The Morgan fingerprint density at radius 3 is 2.56 bits per heavy atom. The SMILES string of the molecule is CCN(CC(=O)NC)c1ccc(CN)c(F)c1F. The maximum Gasteiger partial charge on any atom is 0.239 e. The van der Waals surface area contributed by atoms with Gasteiger partial charge in [-0.05, 0) is 13.0 Å². The van der Waals surface area contributed by atoms with Gasteiger partial charge in [0.2, 0.25) is 5.91 Å². The summed E-state index contributed by atoms with van der Waals surface area (Å²) in [6, 6.07) is 2.87. The molecule has 3 N–H and O–H groups in total. The minimum atomic E-state index is -0.969. The first kappa shape index (κ1) is 14.4. The third-order valence-corrected chi connectivity index (χ3v) is 2.70. The van der Waals surface area contributed by atoms with Crippen LogP contribution in [0.5, 0.6) is 0 Å². The fourth-order valence-electron chi connectivity index (χ4n) is 1.60. The Bertz CT molecular complexity index is 438. The standard InChI is InChI=1S/C12H17F2N3O/c1-3-17(7-10(18)16-2)9-5-4-8(6-15)11(13)12(9)14/h4-5H,3,6-7,15H2,1-2H3,(H,16,18). The molecule has 1 aromatic rings. The fourth-order valence-corrected chi connectivity index (χ4v) is 1.60. The molecule has 0 bridgehead atoms. The summed E-state index contributed by atoms with van der Waals surface area (Å²) in [6.07, 6.45) is 0. The maximum atomic E-state index is 13.8. The average molecular weight is 257 g/mol. The van der Waals surface area contributed by atoms with Crippen molar-refractivity contribution in [2.75, 3.05) is 25.0 Å². The summed E-state index contributed by atoms with van der Waals surface area (Å²) < 4.78 is 27.4. The van der Waals surface area contributed by atoms with E-state index in [1.165, 1.54) is 24.1 Å². The third-order valence-electron chi connectivity index (χ3n) is 2.70. The minimum absolute atomic E-state index is 0.0225. The van der Waals surface area contributed by atoms with Gasteiger partial charge in [0, 0.05) is 25.7 Å². The summed E-state index contributed by atoms with van der Waals surface area (Å²) >= 11 is 0. The van der Waals surface area contributed by atoms with Crippen molar-refractivity contribution in [2.45, 2.75) is 13.5 Å². The first-order valence-corrected chi connectivity index (χ1v) is 5.67. The first-order valence-electron chi connectivity index (χ1n) is 5.67. The van der Waals surface area contributed by atoms with Gasteiger partial charge in [-0.3, -0.25) is 4.79 Å². The summed E-state index contributed by atoms with van der Waals surface area (Å²) in [5.74, 6) is -2.19. The highest BCUT2D eigenvalue weighted by Crippen LogP contribution is 2.23. The third kappa shape index (κ3) is 2.95. The second-order valence-electron chi connectivity index (χ2n) is 3.76. The normalized spacial score (nSPS) is 10.3. The number of amides is 1. The van der Waals surface area contributed by atoms with E-state index in [-0.39, 0.29) is 30.2 Å². The van der Waals surface area contributed by atoms with E-state index in [1.807, 2.05) is 0 Å². The number of benzene rings is 1. The van der Waals surface area contributed by atoms with Crippen LogP contribution in [0.15, 0.2) is 12.1 Å². The van der Waals surface area contributed by atoms with Gasteiger partial charge in [-0.1, -0.05) is 6.07 Å². The lowest BCUT2D eigenvalue weighted by Gasteiger charge is -2.23. The van der Waals surface area contributed by atoms with E-state index in [0.29, 0.717) is 6.54 Å². The Morgan fingerprint density at radius 2 is 2.06 bits per heavy atom. The molecule has 0 spiro atoms. The molecule has 6 heteroatoms. The number of hydrogen-bond acceptors (Lipinski definition) is 3. The average Bonchev–Trinajstić information content (AvgIpc) is 2.39. The molecule has 0 heterocycles.